The number of carbonyl (C=O) groups is 3. The first kappa shape index (κ1) is 56.1. The topological polar surface area (TPSA) is 78.9 Å². The molecule has 0 saturated carbocycles. The average molecular weight is 819 g/mol. The molecule has 1 atom stereocenters. The number of unbranched alkanes of at least 4 members (excludes halogenated alkanes) is 34. The Kier molecular flexibility index (Phi) is 46.3. The third-order valence-corrected chi connectivity index (χ3v) is 11.5. The molecule has 0 amide bonds. The van der Waals surface area contributed by atoms with Gasteiger partial charge in [-0.2, -0.15) is 0 Å². The van der Waals surface area contributed by atoms with E-state index in [9.17, 15) is 14.4 Å². The lowest BCUT2D eigenvalue weighted by atomic mass is 10.0. The van der Waals surface area contributed by atoms with Crippen LogP contribution in [-0.4, -0.2) is 37.2 Å². The van der Waals surface area contributed by atoms with Gasteiger partial charge in [-0.25, -0.2) is 0 Å². The third-order valence-electron chi connectivity index (χ3n) is 11.5. The van der Waals surface area contributed by atoms with Crippen LogP contribution in [-0.2, 0) is 28.6 Å². The van der Waals surface area contributed by atoms with Crippen LogP contribution >= 0.6 is 0 Å². The molecule has 0 fully saturated rings. The van der Waals surface area contributed by atoms with Gasteiger partial charge in [-0.1, -0.05) is 232 Å². The lowest BCUT2D eigenvalue weighted by Crippen LogP contribution is -2.30. The summed E-state index contributed by atoms with van der Waals surface area (Å²) in [5, 5.41) is 0. The van der Waals surface area contributed by atoms with Gasteiger partial charge in [0.05, 0.1) is 0 Å². The number of hydrogen-bond donors (Lipinski definition) is 0. The smallest absolute Gasteiger partial charge is 0.306 e. The molecule has 0 bridgehead atoms. The number of allylic oxidation sites excluding steroid dienone is 2. The second-order valence-electron chi connectivity index (χ2n) is 17.4. The molecule has 0 N–H and O–H groups in total. The Morgan fingerprint density at radius 2 is 0.569 bits per heavy atom. The van der Waals surface area contributed by atoms with Gasteiger partial charge in [-0.3, -0.25) is 14.4 Å². The molecule has 0 aromatic rings. The highest BCUT2D eigenvalue weighted by molar-refractivity contribution is 5.71. The van der Waals surface area contributed by atoms with E-state index in [0.29, 0.717) is 19.3 Å². The van der Waals surface area contributed by atoms with Crippen LogP contribution in [0.2, 0.25) is 0 Å². The predicted molar refractivity (Wildman–Crippen MR) is 247 cm³/mol. The van der Waals surface area contributed by atoms with Crippen LogP contribution in [0, 0.1) is 0 Å². The highest BCUT2D eigenvalue weighted by Crippen LogP contribution is 2.16. The summed E-state index contributed by atoms with van der Waals surface area (Å²) in [6.07, 6.45) is 52.3. The zero-order valence-electron chi connectivity index (χ0n) is 39.1. The second kappa shape index (κ2) is 47.8. The number of ether oxygens (including phenoxy) is 3. The summed E-state index contributed by atoms with van der Waals surface area (Å²) in [7, 11) is 0. The van der Waals surface area contributed by atoms with E-state index in [0.717, 1.165) is 70.6 Å². The van der Waals surface area contributed by atoms with Crippen LogP contribution in [0.25, 0.3) is 0 Å². The predicted octanol–water partition coefficient (Wildman–Crippen LogP) is 16.6. The van der Waals surface area contributed by atoms with Crippen LogP contribution < -0.4 is 0 Å². The Balaban J connectivity index is 4.12. The van der Waals surface area contributed by atoms with Gasteiger partial charge in [0.2, 0.25) is 0 Å². The van der Waals surface area contributed by atoms with Crippen LogP contribution in [0.3, 0.4) is 0 Å². The van der Waals surface area contributed by atoms with E-state index in [1.165, 1.54) is 173 Å². The quantitative estimate of drug-likeness (QED) is 0.0263. The molecule has 0 spiro atoms. The minimum atomic E-state index is -0.765. The van der Waals surface area contributed by atoms with Crippen molar-refractivity contribution in [2.75, 3.05) is 13.2 Å². The summed E-state index contributed by atoms with van der Waals surface area (Å²) in [5.74, 6) is -0.878. The molecule has 58 heavy (non-hydrogen) atoms. The van der Waals surface area contributed by atoms with Gasteiger partial charge < -0.3 is 14.2 Å². The highest BCUT2D eigenvalue weighted by Gasteiger charge is 2.19. The SMILES string of the molecule is CCCCCCCCC/C=C\CCCCCCCC(=O)OC(COC(=O)CCCCCCC)COC(=O)CCCCCCCCCCCCCCCCCCCCC. The van der Waals surface area contributed by atoms with Crippen molar-refractivity contribution in [3.63, 3.8) is 0 Å². The molecule has 1 unspecified atom stereocenters. The summed E-state index contributed by atoms with van der Waals surface area (Å²) in [4.78, 5) is 37.6. The summed E-state index contributed by atoms with van der Waals surface area (Å²) in [5.41, 5.74) is 0. The normalized spacial score (nSPS) is 12.0. The van der Waals surface area contributed by atoms with Gasteiger partial charge in [0.25, 0.3) is 0 Å². The first-order valence-corrected chi connectivity index (χ1v) is 25.7. The number of rotatable bonds is 47. The molecule has 0 aliphatic rings. The molecule has 6 heteroatoms. The van der Waals surface area contributed by atoms with Crippen molar-refractivity contribution in [3.8, 4) is 0 Å². The molecular weight excluding hydrogens is 721 g/mol. The van der Waals surface area contributed by atoms with Gasteiger partial charge in [0.1, 0.15) is 13.2 Å². The lowest BCUT2D eigenvalue weighted by Gasteiger charge is -2.18. The maximum Gasteiger partial charge on any atom is 0.306 e. The minimum absolute atomic E-state index is 0.0695. The lowest BCUT2D eigenvalue weighted by molar-refractivity contribution is -0.167. The van der Waals surface area contributed by atoms with Crippen LogP contribution in [0.5, 0.6) is 0 Å². The van der Waals surface area contributed by atoms with E-state index in [-0.39, 0.29) is 31.1 Å². The Bertz CT molecular complexity index is 900. The van der Waals surface area contributed by atoms with E-state index in [4.69, 9.17) is 14.2 Å². The standard InChI is InChI=1S/C52H98O6/c1-4-7-10-13-15-17-19-21-23-25-26-27-29-30-32-34-36-39-42-45-51(54)57-48-49(47-56-50(53)44-41-38-12-9-6-3)58-52(55)46-43-40-37-35-33-31-28-24-22-20-18-16-14-11-8-5-2/h24,28,49H,4-23,25-27,29-48H2,1-3H3/b28-24-. The van der Waals surface area contributed by atoms with Crippen molar-refractivity contribution in [1.82, 2.24) is 0 Å². The maximum atomic E-state index is 12.7. The molecule has 0 aliphatic carbocycles. The molecule has 0 heterocycles. The zero-order chi connectivity index (χ0) is 42.3. The first-order chi connectivity index (χ1) is 28.5. The van der Waals surface area contributed by atoms with Crippen molar-refractivity contribution < 1.29 is 28.6 Å². The Morgan fingerprint density at radius 1 is 0.328 bits per heavy atom. The molecule has 0 rings (SSSR count). The van der Waals surface area contributed by atoms with Crippen molar-refractivity contribution in [2.24, 2.45) is 0 Å². The molecule has 342 valence electrons. The van der Waals surface area contributed by atoms with Crippen LogP contribution in [0.15, 0.2) is 12.2 Å². The zero-order valence-corrected chi connectivity index (χ0v) is 39.1. The van der Waals surface area contributed by atoms with E-state index in [1.807, 2.05) is 0 Å². The Hall–Kier alpha value is -1.85. The molecule has 0 saturated heterocycles. The first-order valence-electron chi connectivity index (χ1n) is 25.7. The summed E-state index contributed by atoms with van der Waals surface area (Å²) in [6, 6.07) is 0. The van der Waals surface area contributed by atoms with Gasteiger partial charge in [0.15, 0.2) is 6.10 Å². The Morgan fingerprint density at radius 3 is 0.862 bits per heavy atom. The molecule has 6 nitrogen and oxygen atoms in total. The van der Waals surface area contributed by atoms with E-state index < -0.39 is 6.10 Å². The third kappa shape index (κ3) is 45.2. The van der Waals surface area contributed by atoms with Crippen molar-refractivity contribution in [3.05, 3.63) is 12.2 Å². The van der Waals surface area contributed by atoms with Crippen LogP contribution in [0.4, 0.5) is 0 Å². The average Bonchev–Trinajstić information content (AvgIpc) is 3.22. The van der Waals surface area contributed by atoms with Crippen LogP contribution in [0.1, 0.15) is 284 Å². The van der Waals surface area contributed by atoms with Gasteiger partial charge in [0, 0.05) is 19.3 Å². The number of esters is 3. The fraction of sp³-hybridized carbons (Fsp3) is 0.904. The fourth-order valence-electron chi connectivity index (χ4n) is 7.61. The van der Waals surface area contributed by atoms with E-state index in [1.54, 1.807) is 0 Å². The minimum Gasteiger partial charge on any atom is -0.462 e. The summed E-state index contributed by atoms with van der Waals surface area (Å²) < 4.78 is 16.7. The highest BCUT2D eigenvalue weighted by atomic mass is 16.6. The number of hydrogen-bond acceptors (Lipinski definition) is 6. The molecule has 0 radical (unpaired) electrons. The van der Waals surface area contributed by atoms with Gasteiger partial charge in [-0.15, -0.1) is 0 Å². The Labute approximate surface area is 360 Å². The van der Waals surface area contributed by atoms with Crippen molar-refractivity contribution in [2.45, 2.75) is 290 Å². The van der Waals surface area contributed by atoms with Gasteiger partial charge in [-0.05, 0) is 44.9 Å². The molecule has 0 aromatic heterocycles. The maximum absolute atomic E-state index is 12.7. The summed E-state index contributed by atoms with van der Waals surface area (Å²) >= 11 is 0. The molecule has 0 aliphatic heterocycles. The largest absolute Gasteiger partial charge is 0.462 e. The second-order valence-corrected chi connectivity index (χ2v) is 17.4. The fourth-order valence-corrected chi connectivity index (χ4v) is 7.61. The number of carbonyl (C=O) groups excluding carboxylic acids is 3. The summed E-state index contributed by atoms with van der Waals surface area (Å²) in [6.45, 7) is 6.58. The van der Waals surface area contributed by atoms with Crippen molar-refractivity contribution in [1.29, 1.82) is 0 Å². The molecular formula is C52H98O6. The molecule has 0 aromatic carbocycles. The van der Waals surface area contributed by atoms with E-state index in [2.05, 4.69) is 32.9 Å². The van der Waals surface area contributed by atoms with E-state index >= 15 is 0 Å². The van der Waals surface area contributed by atoms with Gasteiger partial charge >= 0.3 is 17.9 Å². The van der Waals surface area contributed by atoms with Crippen molar-refractivity contribution >= 4 is 17.9 Å². The monoisotopic (exact) mass is 819 g/mol.